The molecule has 0 bridgehead atoms. The van der Waals surface area contributed by atoms with Gasteiger partial charge >= 0.3 is 0 Å². The summed E-state index contributed by atoms with van der Waals surface area (Å²) in [6.45, 7) is 0. The fraction of sp³-hybridized carbons (Fsp3) is 0.100. The van der Waals surface area contributed by atoms with Crippen LogP contribution in [0, 0.1) is 0 Å². The monoisotopic (exact) mass is 339 g/mol. The minimum absolute atomic E-state index is 0.115. The highest BCUT2D eigenvalue weighted by Crippen LogP contribution is 2.13. The highest BCUT2D eigenvalue weighted by molar-refractivity contribution is 9.10. The molecule has 0 saturated carbocycles. The van der Waals surface area contributed by atoms with E-state index in [1.807, 2.05) is 24.3 Å². The fourth-order valence-corrected chi connectivity index (χ4v) is 1.67. The number of nitrogens with zero attached hydrogens (tertiary/aromatic N) is 5. The van der Waals surface area contributed by atoms with Crippen LogP contribution >= 0.6 is 28.1 Å². The van der Waals surface area contributed by atoms with Gasteiger partial charge in [-0.15, -0.1) is 5.10 Å². The van der Waals surface area contributed by atoms with E-state index >= 15 is 0 Å². The quantitative estimate of drug-likeness (QED) is 0.485. The van der Waals surface area contributed by atoms with Crippen LogP contribution in [0.5, 0.6) is 0 Å². The lowest BCUT2D eigenvalue weighted by molar-refractivity contribution is 0.775. The van der Waals surface area contributed by atoms with Crippen LogP contribution in [0.25, 0.3) is 5.69 Å². The maximum absolute atomic E-state index is 5.24. The van der Waals surface area contributed by atoms with Crippen molar-refractivity contribution in [2.45, 2.75) is 6.42 Å². The highest BCUT2D eigenvalue weighted by Gasteiger charge is 2.06. The molecule has 3 N–H and O–H groups in total. The Morgan fingerprint density at radius 2 is 2.21 bits per heavy atom. The van der Waals surface area contributed by atoms with Crippen LogP contribution in [0.1, 0.15) is 5.82 Å². The Labute approximate surface area is 123 Å². The number of thiocarbonyl (C=S) groups is 1. The van der Waals surface area contributed by atoms with E-state index < -0.39 is 0 Å². The molecule has 19 heavy (non-hydrogen) atoms. The van der Waals surface area contributed by atoms with Gasteiger partial charge in [0.15, 0.2) is 10.9 Å². The van der Waals surface area contributed by atoms with Crippen molar-refractivity contribution in [3.05, 3.63) is 34.6 Å². The minimum Gasteiger partial charge on any atom is -0.375 e. The molecule has 1 aromatic heterocycles. The molecule has 98 valence electrons. The van der Waals surface area contributed by atoms with Crippen LogP contribution < -0.4 is 11.2 Å². The van der Waals surface area contributed by atoms with E-state index in [2.05, 4.69) is 54.2 Å². The Bertz CT molecular complexity index is 592. The van der Waals surface area contributed by atoms with E-state index in [-0.39, 0.29) is 5.11 Å². The highest BCUT2D eigenvalue weighted by atomic mass is 79.9. The summed E-state index contributed by atoms with van der Waals surface area (Å²) in [5, 5.41) is 15.5. The van der Waals surface area contributed by atoms with E-state index in [0.29, 0.717) is 12.2 Å². The molecule has 0 fully saturated rings. The van der Waals surface area contributed by atoms with Crippen molar-refractivity contribution in [2.75, 3.05) is 0 Å². The lowest BCUT2D eigenvalue weighted by Gasteiger charge is -2.02. The average Bonchev–Trinajstić information content (AvgIpc) is 2.84. The molecular weight excluding hydrogens is 330 g/mol. The first kappa shape index (κ1) is 13.6. The Morgan fingerprint density at radius 3 is 2.89 bits per heavy atom. The molecule has 0 aliphatic rings. The predicted octanol–water partition coefficient (Wildman–Crippen LogP) is 0.786. The summed E-state index contributed by atoms with van der Waals surface area (Å²) in [7, 11) is 0. The Balaban J connectivity index is 2.11. The third-order valence-corrected chi connectivity index (χ3v) is 2.77. The SMILES string of the molecule is NC(=S)NN=CCc1nnnn1-c1ccc(Br)cc1. The number of hydrogen-bond acceptors (Lipinski definition) is 5. The van der Waals surface area contributed by atoms with E-state index in [9.17, 15) is 0 Å². The number of halogens is 1. The Hall–Kier alpha value is -1.87. The van der Waals surface area contributed by atoms with Gasteiger partial charge in [-0.1, -0.05) is 15.9 Å². The smallest absolute Gasteiger partial charge is 0.184 e. The number of rotatable bonds is 4. The van der Waals surface area contributed by atoms with Crippen molar-refractivity contribution in [3.8, 4) is 5.69 Å². The third kappa shape index (κ3) is 3.80. The van der Waals surface area contributed by atoms with Crippen molar-refractivity contribution in [2.24, 2.45) is 10.8 Å². The Morgan fingerprint density at radius 1 is 1.47 bits per heavy atom. The largest absolute Gasteiger partial charge is 0.375 e. The van der Waals surface area contributed by atoms with Gasteiger partial charge in [0.1, 0.15) is 0 Å². The van der Waals surface area contributed by atoms with Gasteiger partial charge in [0.25, 0.3) is 0 Å². The zero-order chi connectivity index (χ0) is 13.7. The van der Waals surface area contributed by atoms with Crippen molar-refractivity contribution in [1.29, 1.82) is 0 Å². The molecule has 0 radical (unpaired) electrons. The molecule has 0 saturated heterocycles. The van der Waals surface area contributed by atoms with Crippen LogP contribution in [0.4, 0.5) is 0 Å². The fourth-order valence-electron chi connectivity index (χ4n) is 1.35. The van der Waals surface area contributed by atoms with Gasteiger partial charge in [0.05, 0.1) is 5.69 Å². The van der Waals surface area contributed by atoms with Crippen molar-refractivity contribution in [1.82, 2.24) is 25.6 Å². The Kier molecular flexibility index (Phi) is 4.53. The summed E-state index contributed by atoms with van der Waals surface area (Å²) in [6, 6.07) is 7.66. The number of aromatic nitrogens is 4. The summed E-state index contributed by atoms with van der Waals surface area (Å²) >= 11 is 8.00. The number of hydrazone groups is 1. The van der Waals surface area contributed by atoms with Gasteiger partial charge in [0, 0.05) is 17.1 Å². The maximum Gasteiger partial charge on any atom is 0.184 e. The van der Waals surface area contributed by atoms with Crippen molar-refractivity contribution in [3.63, 3.8) is 0 Å². The molecule has 2 rings (SSSR count). The normalized spacial score (nSPS) is 10.8. The maximum atomic E-state index is 5.24. The van der Waals surface area contributed by atoms with Crippen LogP contribution in [0.15, 0.2) is 33.8 Å². The number of hydrogen-bond donors (Lipinski definition) is 2. The summed E-state index contributed by atoms with van der Waals surface area (Å²) in [5.74, 6) is 0.663. The van der Waals surface area contributed by atoms with Gasteiger partial charge < -0.3 is 5.73 Å². The van der Waals surface area contributed by atoms with E-state index in [0.717, 1.165) is 10.2 Å². The van der Waals surface area contributed by atoms with Crippen molar-refractivity contribution >= 4 is 39.5 Å². The third-order valence-electron chi connectivity index (χ3n) is 2.15. The summed E-state index contributed by atoms with van der Waals surface area (Å²) in [4.78, 5) is 0. The van der Waals surface area contributed by atoms with Crippen LogP contribution in [0.3, 0.4) is 0 Å². The van der Waals surface area contributed by atoms with E-state index in [1.165, 1.54) is 0 Å². The van der Waals surface area contributed by atoms with E-state index in [4.69, 9.17) is 5.73 Å². The number of nitrogens with two attached hydrogens (primary N) is 1. The first-order valence-corrected chi connectivity index (χ1v) is 6.47. The number of benzene rings is 1. The van der Waals surface area contributed by atoms with Crippen LogP contribution in [-0.4, -0.2) is 31.5 Å². The number of tetrazole rings is 1. The zero-order valence-corrected chi connectivity index (χ0v) is 12.1. The lowest BCUT2D eigenvalue weighted by atomic mass is 10.3. The number of nitrogens with one attached hydrogen (secondary N) is 1. The van der Waals surface area contributed by atoms with Crippen molar-refractivity contribution < 1.29 is 0 Å². The van der Waals surface area contributed by atoms with Gasteiger partial charge in [-0.2, -0.15) is 9.78 Å². The second-order valence-electron chi connectivity index (χ2n) is 3.48. The molecule has 0 unspecified atom stereocenters. The molecule has 0 atom stereocenters. The lowest BCUT2D eigenvalue weighted by Crippen LogP contribution is -2.24. The molecule has 0 amide bonds. The predicted molar refractivity (Wildman–Crippen MR) is 79.0 cm³/mol. The van der Waals surface area contributed by atoms with Gasteiger partial charge in [-0.3, -0.25) is 5.43 Å². The minimum atomic E-state index is 0.115. The molecule has 9 heteroatoms. The molecule has 0 aliphatic carbocycles. The summed E-state index contributed by atoms with van der Waals surface area (Å²) in [5.41, 5.74) is 8.59. The van der Waals surface area contributed by atoms with Gasteiger partial charge in [-0.25, -0.2) is 0 Å². The van der Waals surface area contributed by atoms with Gasteiger partial charge in [0.2, 0.25) is 0 Å². The molecular formula is C10H10BrN7S. The average molecular weight is 340 g/mol. The first-order chi connectivity index (χ1) is 9.16. The summed E-state index contributed by atoms with van der Waals surface area (Å²) < 4.78 is 2.63. The zero-order valence-electron chi connectivity index (χ0n) is 9.69. The van der Waals surface area contributed by atoms with E-state index in [1.54, 1.807) is 10.9 Å². The standard InChI is InChI=1S/C10H10BrN7S/c11-7-1-3-8(4-2-7)18-9(14-16-17-18)5-6-13-15-10(12)19/h1-4,6H,5H2,(H3,12,15,19). The van der Waals surface area contributed by atoms with Crippen LogP contribution in [-0.2, 0) is 6.42 Å². The molecule has 1 aromatic carbocycles. The first-order valence-electron chi connectivity index (χ1n) is 5.27. The molecule has 0 spiro atoms. The second kappa shape index (κ2) is 6.34. The molecule has 7 nitrogen and oxygen atoms in total. The molecule has 2 aromatic rings. The molecule has 0 aliphatic heterocycles. The summed E-state index contributed by atoms with van der Waals surface area (Å²) in [6.07, 6.45) is 2.05. The second-order valence-corrected chi connectivity index (χ2v) is 4.83. The topological polar surface area (TPSA) is 94.0 Å². The van der Waals surface area contributed by atoms with Gasteiger partial charge in [-0.05, 0) is 46.9 Å². The molecule has 1 heterocycles. The van der Waals surface area contributed by atoms with Crippen LogP contribution in [0.2, 0.25) is 0 Å².